The second-order valence-electron chi connectivity index (χ2n) is 11.4. The summed E-state index contributed by atoms with van der Waals surface area (Å²) in [5.74, 6) is 0.832. The quantitative estimate of drug-likeness (QED) is 0.102. The summed E-state index contributed by atoms with van der Waals surface area (Å²) in [5, 5.41) is 3.25. The lowest BCUT2D eigenvalue weighted by Crippen LogP contribution is -2.31. The highest BCUT2D eigenvalue weighted by Crippen LogP contribution is 2.37. The third kappa shape index (κ3) is 10.7. The van der Waals surface area contributed by atoms with Crippen LogP contribution >= 0.6 is 38.9 Å². The van der Waals surface area contributed by atoms with Crippen LogP contribution in [0.15, 0.2) is 119 Å². The van der Waals surface area contributed by atoms with Crippen LogP contribution in [0.1, 0.15) is 45.0 Å². The van der Waals surface area contributed by atoms with E-state index in [9.17, 15) is 13.2 Å². The zero-order chi connectivity index (χ0) is 33.1. The summed E-state index contributed by atoms with van der Waals surface area (Å²) in [6.45, 7) is 3.67. The van der Waals surface area contributed by atoms with Crippen LogP contribution in [0.5, 0.6) is 5.75 Å². The van der Waals surface area contributed by atoms with Crippen LogP contribution in [0.2, 0.25) is 5.02 Å². The molecular weight excluding hydrogens is 705 g/mol. The minimum atomic E-state index is -4.52. The fourth-order valence-corrected chi connectivity index (χ4v) is 7.33. The molecule has 0 amide bonds. The summed E-state index contributed by atoms with van der Waals surface area (Å²) in [4.78, 5) is 3.47. The molecule has 0 aliphatic heterocycles. The Kier molecular flexibility index (Phi) is 13.0. The van der Waals surface area contributed by atoms with Crippen LogP contribution in [0.25, 0.3) is 0 Å². The van der Waals surface area contributed by atoms with E-state index in [4.69, 9.17) is 16.3 Å². The van der Waals surface area contributed by atoms with Gasteiger partial charge in [-0.05, 0) is 87.9 Å². The maximum Gasteiger partial charge on any atom is 0.417 e. The molecule has 0 saturated heterocycles. The van der Waals surface area contributed by atoms with Crippen LogP contribution in [0.3, 0.4) is 0 Å². The Labute approximate surface area is 292 Å². The maximum atomic E-state index is 13.7. The summed E-state index contributed by atoms with van der Waals surface area (Å²) >= 11 is 11.6. The fourth-order valence-electron chi connectivity index (χ4n) is 5.59. The SMILES string of the molecule is FC(F)(F)c1cccc(CN(CCCOc2cccc(CCNCc3ccc(Br)s3)c2)CC(c2ccccc2)c2ccccc2)c1Cl. The second kappa shape index (κ2) is 17.3. The van der Waals surface area contributed by atoms with Gasteiger partial charge in [0.05, 0.1) is 21.0 Å². The van der Waals surface area contributed by atoms with E-state index in [2.05, 4.69) is 74.7 Å². The largest absolute Gasteiger partial charge is 0.494 e. The number of halogens is 5. The van der Waals surface area contributed by atoms with Gasteiger partial charge in [0, 0.05) is 37.0 Å². The van der Waals surface area contributed by atoms with Crippen LogP contribution in [0, 0.1) is 0 Å². The first-order valence-corrected chi connectivity index (χ1v) is 17.6. The molecule has 0 aliphatic carbocycles. The van der Waals surface area contributed by atoms with Gasteiger partial charge in [0.1, 0.15) is 5.75 Å². The average molecular weight is 742 g/mol. The summed E-state index contributed by atoms with van der Waals surface area (Å²) < 4.78 is 48.4. The molecule has 5 aromatic rings. The monoisotopic (exact) mass is 740 g/mol. The van der Waals surface area contributed by atoms with Crippen molar-refractivity contribution in [3.63, 3.8) is 0 Å². The lowest BCUT2D eigenvalue weighted by atomic mass is 9.90. The van der Waals surface area contributed by atoms with Gasteiger partial charge in [-0.15, -0.1) is 11.3 Å². The first-order valence-electron chi connectivity index (χ1n) is 15.6. The van der Waals surface area contributed by atoms with Gasteiger partial charge in [-0.3, -0.25) is 4.90 Å². The number of nitrogens with zero attached hydrogens (tertiary/aromatic N) is 1. The summed E-state index contributed by atoms with van der Waals surface area (Å²) in [5.41, 5.74) is 3.12. The van der Waals surface area contributed by atoms with Crippen molar-refractivity contribution < 1.29 is 17.9 Å². The summed E-state index contributed by atoms with van der Waals surface area (Å²) in [7, 11) is 0. The molecule has 246 valence electrons. The van der Waals surface area contributed by atoms with Crippen LogP contribution in [-0.4, -0.2) is 31.1 Å². The molecule has 1 N–H and O–H groups in total. The molecule has 0 bridgehead atoms. The van der Waals surface area contributed by atoms with E-state index in [0.29, 0.717) is 31.7 Å². The molecule has 3 nitrogen and oxygen atoms in total. The number of nitrogens with one attached hydrogen (secondary N) is 1. The van der Waals surface area contributed by atoms with Gasteiger partial charge < -0.3 is 10.1 Å². The molecule has 0 fully saturated rings. The molecule has 4 aromatic carbocycles. The van der Waals surface area contributed by atoms with Crippen molar-refractivity contribution >= 4 is 38.9 Å². The van der Waals surface area contributed by atoms with Gasteiger partial charge in [-0.1, -0.05) is 96.5 Å². The number of rotatable bonds is 16. The highest BCUT2D eigenvalue weighted by atomic mass is 79.9. The van der Waals surface area contributed by atoms with E-state index in [0.717, 1.165) is 46.2 Å². The molecule has 47 heavy (non-hydrogen) atoms. The highest BCUT2D eigenvalue weighted by Gasteiger charge is 2.34. The molecule has 0 unspecified atom stereocenters. The first-order chi connectivity index (χ1) is 22.8. The number of thiophene rings is 1. The molecule has 1 heterocycles. The minimum absolute atomic E-state index is 0.0227. The Hall–Kier alpha value is -3.14. The van der Waals surface area contributed by atoms with Crippen molar-refractivity contribution in [3.05, 3.63) is 157 Å². The van der Waals surface area contributed by atoms with Gasteiger partial charge in [-0.2, -0.15) is 13.2 Å². The molecule has 0 saturated carbocycles. The van der Waals surface area contributed by atoms with Crippen LogP contribution < -0.4 is 10.1 Å². The van der Waals surface area contributed by atoms with Gasteiger partial charge in [0.15, 0.2) is 0 Å². The van der Waals surface area contributed by atoms with E-state index < -0.39 is 11.7 Å². The molecule has 0 spiro atoms. The maximum absolute atomic E-state index is 13.7. The van der Waals surface area contributed by atoms with Gasteiger partial charge in [0.2, 0.25) is 0 Å². The molecule has 1 aromatic heterocycles. The molecule has 0 radical (unpaired) electrons. The Bertz CT molecular complexity index is 1640. The predicted molar refractivity (Wildman–Crippen MR) is 190 cm³/mol. The van der Waals surface area contributed by atoms with Crippen LogP contribution in [0.4, 0.5) is 13.2 Å². The second-order valence-corrected chi connectivity index (χ2v) is 14.3. The van der Waals surface area contributed by atoms with Crippen molar-refractivity contribution in [3.8, 4) is 5.75 Å². The lowest BCUT2D eigenvalue weighted by molar-refractivity contribution is -0.137. The van der Waals surface area contributed by atoms with E-state index in [1.54, 1.807) is 17.4 Å². The Morgan fingerprint density at radius 2 is 1.55 bits per heavy atom. The molecule has 0 aliphatic rings. The molecule has 0 atom stereocenters. The number of hydrogen-bond acceptors (Lipinski definition) is 4. The molecule has 9 heteroatoms. The van der Waals surface area contributed by atoms with Crippen molar-refractivity contribution in [2.45, 2.75) is 38.0 Å². The standard InChI is InChI=1S/C38H37BrClF3N2OS/c39-36-19-18-33(47-36)25-44-21-20-28-10-7-16-32(24-28)46-23-9-22-45(26-31-15-8-17-35(37(31)40)38(41,42)43)27-34(29-11-3-1-4-12-29)30-13-5-2-6-14-30/h1-8,10-19,24,34,44H,9,20-23,25-27H2. The zero-order valence-electron chi connectivity index (χ0n) is 25.9. The van der Waals surface area contributed by atoms with E-state index in [1.807, 2.05) is 48.5 Å². The Morgan fingerprint density at radius 1 is 0.851 bits per heavy atom. The minimum Gasteiger partial charge on any atom is -0.494 e. The van der Waals surface area contributed by atoms with Crippen molar-refractivity contribution in [1.82, 2.24) is 10.2 Å². The Morgan fingerprint density at radius 3 is 2.21 bits per heavy atom. The molecular formula is C38H37BrClF3N2OS. The summed E-state index contributed by atoms with van der Waals surface area (Å²) in [6, 6.07) is 36.9. The smallest absolute Gasteiger partial charge is 0.417 e. The topological polar surface area (TPSA) is 24.5 Å². The van der Waals surface area contributed by atoms with Crippen molar-refractivity contribution in [1.29, 1.82) is 0 Å². The Balaban J connectivity index is 1.24. The van der Waals surface area contributed by atoms with Gasteiger partial charge in [-0.25, -0.2) is 0 Å². The number of alkyl halides is 3. The van der Waals surface area contributed by atoms with Gasteiger partial charge >= 0.3 is 6.18 Å². The normalized spacial score (nSPS) is 11.8. The predicted octanol–water partition coefficient (Wildman–Crippen LogP) is 10.6. The lowest BCUT2D eigenvalue weighted by Gasteiger charge is -2.29. The van der Waals surface area contributed by atoms with E-state index in [-0.39, 0.29) is 17.5 Å². The summed E-state index contributed by atoms with van der Waals surface area (Å²) in [6.07, 6.45) is -2.95. The number of ether oxygens (including phenoxy) is 1. The molecule has 5 rings (SSSR count). The fraction of sp³-hybridized carbons (Fsp3) is 0.263. The zero-order valence-corrected chi connectivity index (χ0v) is 29.0. The van der Waals surface area contributed by atoms with E-state index >= 15 is 0 Å². The van der Waals surface area contributed by atoms with Gasteiger partial charge in [0.25, 0.3) is 0 Å². The van der Waals surface area contributed by atoms with Crippen molar-refractivity contribution in [2.75, 3.05) is 26.2 Å². The average Bonchev–Trinajstić information content (AvgIpc) is 3.49. The van der Waals surface area contributed by atoms with Crippen LogP contribution in [-0.2, 0) is 25.7 Å². The third-order valence-corrected chi connectivity index (χ3v) is 10.00. The number of benzene rings is 4. The highest BCUT2D eigenvalue weighted by molar-refractivity contribution is 9.11. The van der Waals surface area contributed by atoms with E-state index in [1.165, 1.54) is 16.5 Å². The first kappa shape index (κ1) is 35.2. The number of hydrogen-bond donors (Lipinski definition) is 1. The van der Waals surface area contributed by atoms with Crippen molar-refractivity contribution in [2.24, 2.45) is 0 Å². The third-order valence-electron chi connectivity index (χ3n) is 7.93.